The van der Waals surface area contributed by atoms with Crippen LogP contribution >= 0.6 is 0 Å². The highest BCUT2D eigenvalue weighted by Crippen LogP contribution is 2.38. The zero-order valence-electron chi connectivity index (χ0n) is 13.4. The van der Waals surface area contributed by atoms with Gasteiger partial charge in [-0.1, -0.05) is 17.7 Å². The average molecular weight is 285 g/mol. The maximum atomic E-state index is 5.53. The third kappa shape index (κ3) is 3.19. The van der Waals surface area contributed by atoms with Crippen LogP contribution in [0.25, 0.3) is 11.1 Å². The summed E-state index contributed by atoms with van der Waals surface area (Å²) in [6, 6.07) is 12.7. The first kappa shape index (κ1) is 15.4. The fraction of sp³-hybridized carbons (Fsp3) is 0.333. The quantitative estimate of drug-likeness (QED) is 0.902. The summed E-state index contributed by atoms with van der Waals surface area (Å²) >= 11 is 0. The van der Waals surface area contributed by atoms with Crippen molar-refractivity contribution in [1.29, 1.82) is 0 Å². The minimum atomic E-state index is 0.283. The Labute approximate surface area is 126 Å². The van der Waals surface area contributed by atoms with Crippen LogP contribution in [0.1, 0.15) is 24.1 Å². The fourth-order valence-corrected chi connectivity index (χ4v) is 2.40. The maximum Gasteiger partial charge on any atom is 0.126 e. The molecule has 112 valence electrons. The van der Waals surface area contributed by atoms with E-state index in [4.69, 9.17) is 9.47 Å². The van der Waals surface area contributed by atoms with Crippen molar-refractivity contribution in [3.8, 4) is 22.6 Å². The largest absolute Gasteiger partial charge is 0.496 e. The molecular formula is C18H23NO2. The van der Waals surface area contributed by atoms with Crippen LogP contribution in [0.5, 0.6) is 11.5 Å². The van der Waals surface area contributed by atoms with E-state index in [0.717, 1.165) is 22.6 Å². The molecule has 1 unspecified atom stereocenters. The average Bonchev–Trinajstić information content (AvgIpc) is 2.53. The lowest BCUT2D eigenvalue weighted by Crippen LogP contribution is -2.12. The zero-order valence-corrected chi connectivity index (χ0v) is 13.4. The van der Waals surface area contributed by atoms with Crippen molar-refractivity contribution < 1.29 is 9.47 Å². The van der Waals surface area contributed by atoms with E-state index in [1.807, 2.05) is 19.2 Å². The number of ether oxygens (including phenoxy) is 2. The molecule has 0 fully saturated rings. The predicted octanol–water partition coefficient (Wildman–Crippen LogP) is 3.96. The summed E-state index contributed by atoms with van der Waals surface area (Å²) in [4.78, 5) is 0. The lowest BCUT2D eigenvalue weighted by Gasteiger charge is -2.17. The van der Waals surface area contributed by atoms with Gasteiger partial charge in [-0.05, 0) is 50.7 Å². The fourth-order valence-electron chi connectivity index (χ4n) is 2.40. The van der Waals surface area contributed by atoms with Crippen molar-refractivity contribution in [2.75, 3.05) is 21.3 Å². The van der Waals surface area contributed by atoms with E-state index < -0.39 is 0 Å². The van der Waals surface area contributed by atoms with Gasteiger partial charge in [0.25, 0.3) is 0 Å². The molecule has 0 aliphatic heterocycles. The Morgan fingerprint density at radius 2 is 1.48 bits per heavy atom. The molecule has 21 heavy (non-hydrogen) atoms. The van der Waals surface area contributed by atoms with Gasteiger partial charge in [0.2, 0.25) is 0 Å². The van der Waals surface area contributed by atoms with E-state index in [2.05, 4.69) is 43.4 Å². The van der Waals surface area contributed by atoms with E-state index in [1.54, 1.807) is 14.2 Å². The highest BCUT2D eigenvalue weighted by atomic mass is 16.5. The SMILES string of the molecule is CNC(C)c1ccc(OC)c(-c2cc(C)ccc2OC)c1. The molecule has 3 heteroatoms. The van der Waals surface area contributed by atoms with Crippen LogP contribution in [0.15, 0.2) is 36.4 Å². The Balaban J connectivity index is 2.63. The van der Waals surface area contributed by atoms with Crippen molar-refractivity contribution in [2.24, 2.45) is 0 Å². The Morgan fingerprint density at radius 3 is 2.05 bits per heavy atom. The lowest BCUT2D eigenvalue weighted by molar-refractivity contribution is 0.410. The predicted molar refractivity (Wildman–Crippen MR) is 87.2 cm³/mol. The summed E-state index contributed by atoms with van der Waals surface area (Å²) in [7, 11) is 5.35. The van der Waals surface area contributed by atoms with Gasteiger partial charge < -0.3 is 14.8 Å². The van der Waals surface area contributed by atoms with Crippen LogP contribution in [-0.2, 0) is 0 Å². The second kappa shape index (κ2) is 6.64. The number of benzene rings is 2. The molecule has 0 spiro atoms. The van der Waals surface area contributed by atoms with Crippen LogP contribution in [0, 0.1) is 6.92 Å². The van der Waals surface area contributed by atoms with Crippen molar-refractivity contribution >= 4 is 0 Å². The molecule has 1 atom stereocenters. The van der Waals surface area contributed by atoms with Gasteiger partial charge in [0.1, 0.15) is 11.5 Å². The molecule has 0 aliphatic rings. The smallest absolute Gasteiger partial charge is 0.126 e. The summed E-state index contributed by atoms with van der Waals surface area (Å²) in [5.74, 6) is 1.71. The summed E-state index contributed by atoms with van der Waals surface area (Å²) in [5.41, 5.74) is 4.52. The Morgan fingerprint density at radius 1 is 0.905 bits per heavy atom. The number of hydrogen-bond acceptors (Lipinski definition) is 3. The van der Waals surface area contributed by atoms with Gasteiger partial charge in [-0.15, -0.1) is 0 Å². The number of rotatable bonds is 5. The van der Waals surface area contributed by atoms with Crippen LogP contribution in [-0.4, -0.2) is 21.3 Å². The van der Waals surface area contributed by atoms with Crippen molar-refractivity contribution in [3.63, 3.8) is 0 Å². The van der Waals surface area contributed by atoms with Gasteiger partial charge in [-0.2, -0.15) is 0 Å². The normalized spacial score (nSPS) is 12.0. The third-order valence-corrected chi connectivity index (χ3v) is 3.80. The molecule has 1 N–H and O–H groups in total. The summed E-state index contributed by atoms with van der Waals surface area (Å²) in [5, 5.41) is 3.27. The minimum Gasteiger partial charge on any atom is -0.496 e. The highest BCUT2D eigenvalue weighted by Gasteiger charge is 2.14. The van der Waals surface area contributed by atoms with Crippen LogP contribution in [0.4, 0.5) is 0 Å². The molecule has 0 saturated carbocycles. The van der Waals surface area contributed by atoms with Gasteiger partial charge in [0.15, 0.2) is 0 Å². The Kier molecular flexibility index (Phi) is 4.86. The van der Waals surface area contributed by atoms with Crippen molar-refractivity contribution in [1.82, 2.24) is 5.32 Å². The maximum absolute atomic E-state index is 5.53. The van der Waals surface area contributed by atoms with Gasteiger partial charge in [0, 0.05) is 17.2 Å². The summed E-state index contributed by atoms with van der Waals surface area (Å²) < 4.78 is 11.0. The van der Waals surface area contributed by atoms with Gasteiger partial charge in [-0.25, -0.2) is 0 Å². The van der Waals surface area contributed by atoms with Crippen LogP contribution in [0.2, 0.25) is 0 Å². The first-order valence-corrected chi connectivity index (χ1v) is 7.11. The van der Waals surface area contributed by atoms with Gasteiger partial charge >= 0.3 is 0 Å². The second-order valence-electron chi connectivity index (χ2n) is 5.17. The molecule has 0 aliphatic carbocycles. The first-order chi connectivity index (χ1) is 10.1. The number of aryl methyl sites for hydroxylation is 1. The Hall–Kier alpha value is -2.00. The number of hydrogen-bond donors (Lipinski definition) is 1. The zero-order chi connectivity index (χ0) is 15.4. The van der Waals surface area contributed by atoms with Crippen LogP contribution in [0.3, 0.4) is 0 Å². The molecule has 2 aromatic rings. The molecule has 2 aromatic carbocycles. The molecule has 0 saturated heterocycles. The second-order valence-corrected chi connectivity index (χ2v) is 5.17. The number of methoxy groups -OCH3 is 2. The summed E-state index contributed by atoms with van der Waals surface area (Å²) in [6.45, 7) is 4.22. The van der Waals surface area contributed by atoms with E-state index in [-0.39, 0.29) is 6.04 Å². The molecule has 3 nitrogen and oxygen atoms in total. The van der Waals surface area contributed by atoms with Gasteiger partial charge in [0.05, 0.1) is 14.2 Å². The highest BCUT2D eigenvalue weighted by molar-refractivity contribution is 5.77. The first-order valence-electron chi connectivity index (χ1n) is 7.11. The number of nitrogens with one attached hydrogen (secondary N) is 1. The molecule has 0 heterocycles. The molecule has 0 aromatic heterocycles. The monoisotopic (exact) mass is 285 g/mol. The van der Waals surface area contributed by atoms with Crippen LogP contribution < -0.4 is 14.8 Å². The van der Waals surface area contributed by atoms with E-state index in [0.29, 0.717) is 0 Å². The lowest BCUT2D eigenvalue weighted by atomic mass is 9.97. The molecular weight excluding hydrogens is 262 g/mol. The van der Waals surface area contributed by atoms with E-state index in [9.17, 15) is 0 Å². The van der Waals surface area contributed by atoms with Crippen molar-refractivity contribution in [3.05, 3.63) is 47.5 Å². The molecule has 0 amide bonds. The summed E-state index contributed by atoms with van der Waals surface area (Å²) in [6.07, 6.45) is 0. The van der Waals surface area contributed by atoms with Crippen molar-refractivity contribution in [2.45, 2.75) is 19.9 Å². The third-order valence-electron chi connectivity index (χ3n) is 3.80. The Bertz CT molecular complexity index is 623. The topological polar surface area (TPSA) is 30.5 Å². The minimum absolute atomic E-state index is 0.283. The van der Waals surface area contributed by atoms with E-state index in [1.165, 1.54) is 11.1 Å². The molecule has 0 bridgehead atoms. The standard InChI is InChI=1S/C18H23NO2/c1-12-6-8-17(20-4)15(10-12)16-11-14(13(2)19-3)7-9-18(16)21-5/h6-11,13,19H,1-5H3. The van der Waals surface area contributed by atoms with E-state index >= 15 is 0 Å². The molecule has 2 rings (SSSR count). The van der Waals surface area contributed by atoms with Gasteiger partial charge in [-0.3, -0.25) is 0 Å². The molecule has 0 radical (unpaired) electrons.